The first kappa shape index (κ1) is 27.7. The summed E-state index contributed by atoms with van der Waals surface area (Å²) in [5.41, 5.74) is 0.121. The maximum atomic E-state index is 13.4. The van der Waals surface area contributed by atoms with Crippen LogP contribution in [0.3, 0.4) is 0 Å². The molecule has 0 aliphatic heterocycles. The molecule has 1 aromatic carbocycles. The number of terminal acetylenes is 1. The number of hydrogen-bond donors (Lipinski definition) is 3. The number of alkyl carbamates (subject to hydrolysis) is 1. The van der Waals surface area contributed by atoms with Gasteiger partial charge in [-0.25, -0.2) is 4.79 Å². The lowest BCUT2D eigenvalue weighted by molar-refractivity contribution is -0.142. The molecular formula is C25H35N3O5. The van der Waals surface area contributed by atoms with Crippen LogP contribution in [-0.2, 0) is 14.3 Å². The molecule has 0 bridgehead atoms. The van der Waals surface area contributed by atoms with Crippen LogP contribution >= 0.6 is 0 Å². The molecule has 0 radical (unpaired) electrons. The number of aliphatic hydroxyl groups is 1. The van der Waals surface area contributed by atoms with E-state index in [4.69, 9.17) is 11.2 Å². The van der Waals surface area contributed by atoms with E-state index in [2.05, 4.69) is 23.1 Å². The summed E-state index contributed by atoms with van der Waals surface area (Å²) in [6, 6.07) is 4.41. The van der Waals surface area contributed by atoms with Crippen molar-refractivity contribution in [1.29, 1.82) is 0 Å². The highest BCUT2D eigenvalue weighted by molar-refractivity contribution is 5.92. The van der Waals surface area contributed by atoms with Crippen molar-refractivity contribution in [2.24, 2.45) is 0 Å². The van der Waals surface area contributed by atoms with Gasteiger partial charge in [0.1, 0.15) is 17.7 Å². The Hall–Kier alpha value is -3.31. The Bertz CT molecular complexity index is 870. The Morgan fingerprint density at radius 2 is 1.97 bits per heavy atom. The third-order valence-corrected chi connectivity index (χ3v) is 4.58. The molecule has 0 aromatic heterocycles. The van der Waals surface area contributed by atoms with E-state index in [9.17, 15) is 19.5 Å². The van der Waals surface area contributed by atoms with Crippen molar-refractivity contribution < 1.29 is 24.2 Å². The van der Waals surface area contributed by atoms with Gasteiger partial charge in [0.05, 0.1) is 6.61 Å². The summed E-state index contributed by atoms with van der Waals surface area (Å²) in [5, 5.41) is 15.1. The van der Waals surface area contributed by atoms with Gasteiger partial charge >= 0.3 is 6.09 Å². The molecule has 0 heterocycles. The summed E-state index contributed by atoms with van der Waals surface area (Å²) in [4.78, 5) is 40.1. The van der Waals surface area contributed by atoms with Crippen LogP contribution < -0.4 is 10.6 Å². The van der Waals surface area contributed by atoms with E-state index in [-0.39, 0.29) is 6.54 Å². The summed E-state index contributed by atoms with van der Waals surface area (Å²) < 4.78 is 5.20. The van der Waals surface area contributed by atoms with Crippen molar-refractivity contribution in [3.63, 3.8) is 0 Å². The van der Waals surface area contributed by atoms with E-state index >= 15 is 0 Å². The first-order valence-corrected chi connectivity index (χ1v) is 10.9. The molecule has 1 aromatic rings. The first-order valence-electron chi connectivity index (χ1n) is 10.9. The van der Waals surface area contributed by atoms with E-state index in [1.54, 1.807) is 45.0 Å². The lowest BCUT2D eigenvalue weighted by atomic mass is 9.97. The second kappa shape index (κ2) is 13.3. The Morgan fingerprint density at radius 1 is 1.30 bits per heavy atom. The molecule has 0 saturated heterocycles. The highest BCUT2D eigenvalue weighted by Gasteiger charge is 2.36. The fourth-order valence-corrected chi connectivity index (χ4v) is 3.10. The maximum Gasteiger partial charge on any atom is 0.408 e. The monoisotopic (exact) mass is 457 g/mol. The van der Waals surface area contributed by atoms with Gasteiger partial charge in [-0.2, -0.15) is 0 Å². The molecule has 1 rings (SSSR count). The van der Waals surface area contributed by atoms with Gasteiger partial charge in [0, 0.05) is 18.7 Å². The third kappa shape index (κ3) is 8.62. The molecular weight excluding hydrogens is 422 g/mol. The van der Waals surface area contributed by atoms with Crippen molar-refractivity contribution in [3.05, 3.63) is 48.0 Å². The number of unbranched alkanes of at least 4 members (excludes halogenated alkanes) is 1. The van der Waals surface area contributed by atoms with Crippen molar-refractivity contribution >= 4 is 17.9 Å². The zero-order chi connectivity index (χ0) is 25.0. The molecule has 0 fully saturated rings. The van der Waals surface area contributed by atoms with E-state index in [1.165, 1.54) is 11.0 Å². The van der Waals surface area contributed by atoms with E-state index in [0.29, 0.717) is 17.7 Å². The SMILES string of the molecule is C#Cc1ccccc1C(C(=O)NCCCC)N(CC=C)C(=O)C(CO)NC(=O)OC(C)(C)C. The van der Waals surface area contributed by atoms with Gasteiger partial charge in [0.2, 0.25) is 11.8 Å². The Morgan fingerprint density at radius 3 is 2.52 bits per heavy atom. The number of amides is 3. The average molecular weight is 458 g/mol. The summed E-state index contributed by atoms with van der Waals surface area (Å²) in [6.45, 7) is 10.5. The normalized spacial score (nSPS) is 12.6. The first-order chi connectivity index (χ1) is 15.6. The Balaban J connectivity index is 3.37. The third-order valence-electron chi connectivity index (χ3n) is 4.58. The number of benzene rings is 1. The van der Waals surface area contributed by atoms with Crippen molar-refractivity contribution in [2.45, 2.75) is 58.2 Å². The molecule has 8 nitrogen and oxygen atoms in total. The Kier molecular flexibility index (Phi) is 11.2. The number of carbonyl (C=O) groups is 3. The van der Waals surface area contributed by atoms with Crippen LogP contribution in [0.25, 0.3) is 0 Å². The van der Waals surface area contributed by atoms with Gasteiger partial charge in [0.15, 0.2) is 0 Å². The van der Waals surface area contributed by atoms with E-state index in [1.807, 2.05) is 6.92 Å². The molecule has 2 unspecified atom stereocenters. The molecule has 180 valence electrons. The van der Waals surface area contributed by atoms with Crippen molar-refractivity contribution in [1.82, 2.24) is 15.5 Å². The standard InChI is InChI=1S/C25H35N3O5/c1-7-10-15-26-22(30)21(19-14-12-11-13-18(19)9-3)28(16-8-2)23(31)20(17-29)27-24(32)33-25(4,5)6/h3,8,11-14,20-21,29H,2,7,10,15-17H2,1,4-6H3,(H,26,30)(H,27,32). The molecule has 33 heavy (non-hydrogen) atoms. The topological polar surface area (TPSA) is 108 Å². The van der Waals surface area contributed by atoms with Gasteiger partial charge in [-0.3, -0.25) is 9.59 Å². The molecule has 0 aliphatic carbocycles. The lowest BCUT2D eigenvalue weighted by Gasteiger charge is -2.33. The van der Waals surface area contributed by atoms with Gasteiger partial charge in [0.25, 0.3) is 0 Å². The predicted molar refractivity (Wildman–Crippen MR) is 127 cm³/mol. The van der Waals surface area contributed by atoms with Crippen molar-refractivity contribution in [2.75, 3.05) is 19.7 Å². The molecule has 0 aliphatic rings. The minimum absolute atomic E-state index is 0.0178. The van der Waals surface area contributed by atoms with Crippen LogP contribution in [0.2, 0.25) is 0 Å². The number of nitrogens with one attached hydrogen (secondary N) is 2. The second-order valence-corrected chi connectivity index (χ2v) is 8.44. The van der Waals surface area contributed by atoms with E-state index in [0.717, 1.165) is 12.8 Å². The number of aliphatic hydroxyl groups excluding tert-OH is 1. The summed E-state index contributed by atoms with van der Waals surface area (Å²) >= 11 is 0. The fourth-order valence-electron chi connectivity index (χ4n) is 3.10. The van der Waals surface area contributed by atoms with Crippen LogP contribution in [-0.4, -0.2) is 59.3 Å². The zero-order valence-electron chi connectivity index (χ0n) is 19.9. The number of rotatable bonds is 11. The second-order valence-electron chi connectivity index (χ2n) is 8.44. The molecule has 3 amide bonds. The Labute approximate surface area is 196 Å². The number of nitrogens with zero attached hydrogens (tertiary/aromatic N) is 1. The van der Waals surface area contributed by atoms with Crippen molar-refractivity contribution in [3.8, 4) is 12.3 Å². The summed E-state index contributed by atoms with van der Waals surface area (Å²) in [7, 11) is 0. The number of ether oxygens (including phenoxy) is 1. The highest BCUT2D eigenvalue weighted by Crippen LogP contribution is 2.25. The van der Waals surface area contributed by atoms with Gasteiger partial charge in [-0.1, -0.05) is 43.5 Å². The minimum Gasteiger partial charge on any atom is -0.444 e. The minimum atomic E-state index is -1.33. The summed E-state index contributed by atoms with van der Waals surface area (Å²) in [6.07, 6.45) is 7.91. The number of carbonyl (C=O) groups excluding carboxylic acids is 3. The van der Waals surface area contributed by atoms with Crippen LogP contribution in [0.1, 0.15) is 57.7 Å². The molecule has 3 N–H and O–H groups in total. The molecule has 2 atom stereocenters. The molecule has 8 heteroatoms. The van der Waals surface area contributed by atoms with Gasteiger partial charge in [-0.15, -0.1) is 13.0 Å². The lowest BCUT2D eigenvalue weighted by Crippen LogP contribution is -2.54. The summed E-state index contributed by atoms with van der Waals surface area (Å²) in [5.74, 6) is 1.46. The predicted octanol–water partition coefficient (Wildman–Crippen LogP) is 2.53. The maximum absolute atomic E-state index is 13.4. The number of hydrogen-bond acceptors (Lipinski definition) is 5. The quantitative estimate of drug-likeness (QED) is 0.269. The average Bonchev–Trinajstić information content (AvgIpc) is 2.76. The fraction of sp³-hybridized carbons (Fsp3) is 0.480. The van der Waals surface area contributed by atoms with E-state index < -0.39 is 42.2 Å². The van der Waals surface area contributed by atoms with Gasteiger partial charge in [-0.05, 0) is 38.8 Å². The van der Waals surface area contributed by atoms with Crippen LogP contribution in [0.4, 0.5) is 4.79 Å². The molecule has 0 saturated carbocycles. The van der Waals surface area contributed by atoms with Gasteiger partial charge < -0.3 is 25.4 Å². The van der Waals surface area contributed by atoms with Crippen LogP contribution in [0.5, 0.6) is 0 Å². The van der Waals surface area contributed by atoms with Crippen LogP contribution in [0.15, 0.2) is 36.9 Å². The largest absolute Gasteiger partial charge is 0.444 e. The highest BCUT2D eigenvalue weighted by atomic mass is 16.6. The zero-order valence-corrected chi connectivity index (χ0v) is 19.9. The molecule has 0 spiro atoms. The smallest absolute Gasteiger partial charge is 0.408 e. The van der Waals surface area contributed by atoms with Crippen LogP contribution in [0, 0.1) is 12.3 Å².